The summed E-state index contributed by atoms with van der Waals surface area (Å²) < 4.78 is 12.9. The lowest BCUT2D eigenvalue weighted by Crippen LogP contribution is -2.13. The Labute approximate surface area is 86.1 Å². The van der Waals surface area contributed by atoms with Gasteiger partial charge < -0.3 is 5.32 Å². The highest BCUT2D eigenvalue weighted by Crippen LogP contribution is 2.30. The van der Waals surface area contributed by atoms with E-state index in [-0.39, 0.29) is 16.8 Å². The van der Waals surface area contributed by atoms with Crippen LogP contribution in [-0.4, -0.2) is 5.91 Å². The second-order valence-electron chi connectivity index (χ2n) is 3.42. The van der Waals surface area contributed by atoms with Crippen molar-refractivity contribution in [2.75, 3.05) is 5.32 Å². The maximum absolute atomic E-state index is 12.9. The van der Waals surface area contributed by atoms with E-state index < -0.39 is 5.82 Å². The standard InChI is InChI=1S/C10H9ClFNO/c11-7-3-8(12)5-9(4-7)13-10(14)6-1-2-6/h3-6H,1-2H2,(H,13,14). The van der Waals surface area contributed by atoms with E-state index in [1.807, 2.05) is 0 Å². The number of carbonyl (C=O) groups excluding carboxylic acids is 1. The zero-order valence-electron chi connectivity index (χ0n) is 7.39. The Morgan fingerprint density at radius 2 is 2.14 bits per heavy atom. The van der Waals surface area contributed by atoms with Crippen molar-refractivity contribution >= 4 is 23.2 Å². The number of anilines is 1. The molecule has 0 aliphatic heterocycles. The van der Waals surface area contributed by atoms with E-state index in [1.165, 1.54) is 18.2 Å². The minimum atomic E-state index is -0.441. The van der Waals surface area contributed by atoms with Crippen molar-refractivity contribution in [3.05, 3.63) is 29.0 Å². The Balaban J connectivity index is 2.11. The predicted octanol–water partition coefficient (Wildman–Crippen LogP) is 2.83. The number of halogens is 2. The topological polar surface area (TPSA) is 29.1 Å². The van der Waals surface area contributed by atoms with Gasteiger partial charge in [-0.25, -0.2) is 4.39 Å². The molecule has 4 heteroatoms. The molecule has 1 aliphatic rings. The van der Waals surface area contributed by atoms with Crippen LogP contribution in [0.4, 0.5) is 10.1 Å². The van der Waals surface area contributed by atoms with E-state index >= 15 is 0 Å². The number of nitrogens with one attached hydrogen (secondary N) is 1. The summed E-state index contributed by atoms with van der Waals surface area (Å²) >= 11 is 5.64. The molecule has 0 saturated heterocycles. The Bertz CT molecular complexity index is 356. The molecule has 1 aromatic carbocycles. The first-order chi connectivity index (χ1) is 6.65. The molecule has 0 bridgehead atoms. The summed E-state index contributed by atoms with van der Waals surface area (Å²) in [6.45, 7) is 0. The lowest BCUT2D eigenvalue weighted by atomic mass is 10.3. The molecule has 0 aromatic heterocycles. The van der Waals surface area contributed by atoms with E-state index in [2.05, 4.69) is 5.32 Å². The molecule has 1 aliphatic carbocycles. The number of amides is 1. The van der Waals surface area contributed by atoms with Crippen LogP contribution < -0.4 is 5.32 Å². The molecule has 0 atom stereocenters. The maximum Gasteiger partial charge on any atom is 0.227 e. The first-order valence-electron chi connectivity index (χ1n) is 4.42. The number of carbonyl (C=O) groups is 1. The predicted molar refractivity (Wildman–Crippen MR) is 52.8 cm³/mol. The van der Waals surface area contributed by atoms with Gasteiger partial charge in [0.1, 0.15) is 5.82 Å². The van der Waals surface area contributed by atoms with Crippen LogP contribution in [0.1, 0.15) is 12.8 Å². The van der Waals surface area contributed by atoms with Crippen molar-refractivity contribution in [3.8, 4) is 0 Å². The molecule has 1 N–H and O–H groups in total. The number of benzene rings is 1. The smallest absolute Gasteiger partial charge is 0.227 e. The van der Waals surface area contributed by atoms with E-state index in [0.717, 1.165) is 12.8 Å². The van der Waals surface area contributed by atoms with Crippen molar-refractivity contribution in [2.45, 2.75) is 12.8 Å². The van der Waals surface area contributed by atoms with E-state index in [9.17, 15) is 9.18 Å². The zero-order valence-corrected chi connectivity index (χ0v) is 8.14. The van der Waals surface area contributed by atoms with Gasteiger partial charge in [-0.1, -0.05) is 11.6 Å². The van der Waals surface area contributed by atoms with Crippen LogP contribution in [0.25, 0.3) is 0 Å². The summed E-state index contributed by atoms with van der Waals surface area (Å²) in [5.74, 6) is -0.382. The van der Waals surface area contributed by atoms with Crippen molar-refractivity contribution in [1.29, 1.82) is 0 Å². The molecule has 2 rings (SSSR count). The second kappa shape index (κ2) is 3.58. The van der Waals surface area contributed by atoms with Crippen LogP contribution in [0.15, 0.2) is 18.2 Å². The van der Waals surface area contributed by atoms with Crippen molar-refractivity contribution < 1.29 is 9.18 Å². The Kier molecular flexibility index (Phi) is 2.42. The van der Waals surface area contributed by atoms with Gasteiger partial charge in [-0.15, -0.1) is 0 Å². The number of hydrogen-bond acceptors (Lipinski definition) is 1. The van der Waals surface area contributed by atoms with Crippen molar-refractivity contribution in [1.82, 2.24) is 0 Å². The third-order valence-corrected chi connectivity index (χ3v) is 2.30. The van der Waals surface area contributed by atoms with E-state index in [4.69, 9.17) is 11.6 Å². The second-order valence-corrected chi connectivity index (χ2v) is 3.86. The fourth-order valence-corrected chi connectivity index (χ4v) is 1.44. The zero-order chi connectivity index (χ0) is 10.1. The van der Waals surface area contributed by atoms with E-state index in [1.54, 1.807) is 0 Å². The molecule has 1 amide bonds. The summed E-state index contributed by atoms with van der Waals surface area (Å²) in [4.78, 5) is 11.3. The molecule has 74 valence electrons. The molecule has 1 fully saturated rings. The summed E-state index contributed by atoms with van der Waals surface area (Å²) in [7, 11) is 0. The van der Waals surface area contributed by atoms with Crippen LogP contribution in [0.2, 0.25) is 5.02 Å². The van der Waals surface area contributed by atoms with Crippen LogP contribution in [0.5, 0.6) is 0 Å². The Hall–Kier alpha value is -1.09. The van der Waals surface area contributed by atoms with Gasteiger partial charge in [0, 0.05) is 16.6 Å². The lowest BCUT2D eigenvalue weighted by molar-refractivity contribution is -0.117. The summed E-state index contributed by atoms with van der Waals surface area (Å²) in [5, 5.41) is 2.91. The van der Waals surface area contributed by atoms with Crippen LogP contribution in [0.3, 0.4) is 0 Å². The molecular formula is C10H9ClFNO. The first-order valence-corrected chi connectivity index (χ1v) is 4.80. The monoisotopic (exact) mass is 213 g/mol. The minimum Gasteiger partial charge on any atom is -0.326 e. The summed E-state index contributed by atoms with van der Waals surface area (Å²) in [6, 6.07) is 3.99. The van der Waals surface area contributed by atoms with Crippen LogP contribution in [0, 0.1) is 11.7 Å². The highest BCUT2D eigenvalue weighted by molar-refractivity contribution is 6.30. The molecular weight excluding hydrogens is 205 g/mol. The highest BCUT2D eigenvalue weighted by Gasteiger charge is 2.29. The maximum atomic E-state index is 12.9. The largest absolute Gasteiger partial charge is 0.326 e. The lowest BCUT2D eigenvalue weighted by Gasteiger charge is -2.04. The fourth-order valence-electron chi connectivity index (χ4n) is 1.22. The molecule has 0 heterocycles. The molecule has 2 nitrogen and oxygen atoms in total. The Morgan fingerprint density at radius 1 is 1.43 bits per heavy atom. The summed E-state index contributed by atoms with van der Waals surface area (Å²) in [5.41, 5.74) is 0.423. The quantitative estimate of drug-likeness (QED) is 0.804. The van der Waals surface area contributed by atoms with Gasteiger partial charge in [0.15, 0.2) is 0 Å². The third-order valence-electron chi connectivity index (χ3n) is 2.08. The summed E-state index contributed by atoms with van der Waals surface area (Å²) in [6.07, 6.45) is 1.85. The van der Waals surface area contributed by atoms with Gasteiger partial charge in [0.05, 0.1) is 0 Å². The van der Waals surface area contributed by atoms with Gasteiger partial charge in [-0.05, 0) is 31.0 Å². The van der Waals surface area contributed by atoms with Gasteiger partial charge in [-0.2, -0.15) is 0 Å². The molecule has 0 spiro atoms. The van der Waals surface area contributed by atoms with Crippen LogP contribution in [-0.2, 0) is 4.79 Å². The average Bonchev–Trinajstić information content (AvgIpc) is 2.82. The van der Waals surface area contributed by atoms with Crippen molar-refractivity contribution in [2.24, 2.45) is 5.92 Å². The first kappa shape index (κ1) is 9.46. The highest BCUT2D eigenvalue weighted by atomic mass is 35.5. The number of hydrogen-bond donors (Lipinski definition) is 1. The molecule has 0 radical (unpaired) electrons. The average molecular weight is 214 g/mol. The van der Waals surface area contributed by atoms with Gasteiger partial charge >= 0.3 is 0 Å². The molecule has 14 heavy (non-hydrogen) atoms. The molecule has 1 saturated carbocycles. The molecule has 0 unspecified atom stereocenters. The normalized spacial score (nSPS) is 15.3. The SMILES string of the molecule is O=C(Nc1cc(F)cc(Cl)c1)C1CC1. The van der Waals surface area contributed by atoms with Gasteiger partial charge in [-0.3, -0.25) is 4.79 Å². The minimum absolute atomic E-state index is 0.0494. The fraction of sp³-hybridized carbons (Fsp3) is 0.300. The third kappa shape index (κ3) is 2.23. The van der Waals surface area contributed by atoms with Crippen LogP contribution >= 0.6 is 11.6 Å². The number of rotatable bonds is 2. The Morgan fingerprint density at radius 3 is 2.71 bits per heavy atom. The van der Waals surface area contributed by atoms with Gasteiger partial charge in [0.2, 0.25) is 5.91 Å². The van der Waals surface area contributed by atoms with E-state index in [0.29, 0.717) is 5.69 Å². The van der Waals surface area contributed by atoms with Crippen molar-refractivity contribution in [3.63, 3.8) is 0 Å². The van der Waals surface area contributed by atoms with Gasteiger partial charge in [0.25, 0.3) is 0 Å². The molecule has 1 aromatic rings.